The molecule has 1 aromatic carbocycles. The number of quaternary nitrogens is 1. The third-order valence-electron chi connectivity index (χ3n) is 2.76. The number of benzene rings is 1. The van der Waals surface area contributed by atoms with Gasteiger partial charge in [0.2, 0.25) is 10.0 Å². The topological polar surface area (TPSA) is 54.0 Å². The first-order valence-corrected chi connectivity index (χ1v) is 7.24. The van der Waals surface area contributed by atoms with Crippen molar-refractivity contribution in [1.82, 2.24) is 4.31 Å². The summed E-state index contributed by atoms with van der Waals surface area (Å²) in [4.78, 5) is 0. The van der Waals surface area contributed by atoms with Gasteiger partial charge in [-0.1, -0.05) is 30.3 Å². The van der Waals surface area contributed by atoms with Crippen LogP contribution in [0.2, 0.25) is 0 Å². The Labute approximate surface area is 102 Å². The minimum Gasteiger partial charge on any atom is -0.344 e. The first-order valence-electron chi connectivity index (χ1n) is 5.73. The lowest BCUT2D eigenvalue weighted by Gasteiger charge is -2.22. The number of piperazine rings is 1. The molecule has 1 aliphatic rings. The predicted octanol–water partition coefficient (Wildman–Crippen LogP) is -0.134. The van der Waals surface area contributed by atoms with Gasteiger partial charge >= 0.3 is 0 Å². The summed E-state index contributed by atoms with van der Waals surface area (Å²) in [7, 11) is -3.25. The summed E-state index contributed by atoms with van der Waals surface area (Å²) >= 11 is 0. The number of nitrogens with zero attached hydrogens (tertiary/aromatic N) is 1. The van der Waals surface area contributed by atoms with Crippen LogP contribution in [-0.2, 0) is 10.0 Å². The highest BCUT2D eigenvalue weighted by Crippen LogP contribution is 2.07. The van der Waals surface area contributed by atoms with E-state index in [4.69, 9.17) is 0 Å². The van der Waals surface area contributed by atoms with Crippen molar-refractivity contribution >= 4 is 16.1 Å². The van der Waals surface area contributed by atoms with E-state index in [-0.39, 0.29) is 0 Å². The van der Waals surface area contributed by atoms with Gasteiger partial charge in [-0.2, -0.15) is 4.31 Å². The molecule has 1 saturated heterocycles. The highest BCUT2D eigenvalue weighted by atomic mass is 32.2. The van der Waals surface area contributed by atoms with E-state index in [1.165, 1.54) is 9.71 Å². The van der Waals surface area contributed by atoms with E-state index in [0.29, 0.717) is 13.1 Å². The Bertz CT molecular complexity index is 476. The molecule has 0 aliphatic carbocycles. The Morgan fingerprint density at radius 1 is 1.12 bits per heavy atom. The van der Waals surface area contributed by atoms with E-state index in [1.54, 1.807) is 6.08 Å². The molecule has 2 N–H and O–H groups in total. The summed E-state index contributed by atoms with van der Waals surface area (Å²) in [6.45, 7) is 2.89. The van der Waals surface area contributed by atoms with Crippen molar-refractivity contribution < 1.29 is 13.7 Å². The lowest BCUT2D eigenvalue weighted by atomic mass is 10.2. The first-order chi connectivity index (χ1) is 8.18. The van der Waals surface area contributed by atoms with Crippen LogP contribution in [0, 0.1) is 0 Å². The number of hydrogen-bond acceptors (Lipinski definition) is 2. The number of rotatable bonds is 3. The van der Waals surface area contributed by atoms with E-state index < -0.39 is 10.0 Å². The highest BCUT2D eigenvalue weighted by Gasteiger charge is 2.22. The van der Waals surface area contributed by atoms with Crippen molar-refractivity contribution in [2.45, 2.75) is 0 Å². The minimum atomic E-state index is -3.25. The van der Waals surface area contributed by atoms with E-state index >= 15 is 0 Å². The van der Waals surface area contributed by atoms with Crippen LogP contribution in [0.1, 0.15) is 5.56 Å². The average Bonchev–Trinajstić information content (AvgIpc) is 2.39. The molecule has 0 spiro atoms. The van der Waals surface area contributed by atoms with Crippen molar-refractivity contribution in [3.63, 3.8) is 0 Å². The van der Waals surface area contributed by atoms with Crippen molar-refractivity contribution in [2.75, 3.05) is 26.2 Å². The largest absolute Gasteiger partial charge is 0.344 e. The maximum Gasteiger partial charge on any atom is 0.236 e. The molecular formula is C12H17N2O2S+. The summed E-state index contributed by atoms with van der Waals surface area (Å²) in [6.07, 6.45) is 1.65. The van der Waals surface area contributed by atoms with Gasteiger partial charge in [0.05, 0.1) is 26.2 Å². The van der Waals surface area contributed by atoms with Gasteiger partial charge in [-0.05, 0) is 11.6 Å². The molecule has 1 heterocycles. The first kappa shape index (κ1) is 12.3. The Morgan fingerprint density at radius 2 is 1.76 bits per heavy atom. The quantitative estimate of drug-likeness (QED) is 0.815. The van der Waals surface area contributed by atoms with Crippen LogP contribution in [0.4, 0.5) is 0 Å². The normalized spacial score (nSPS) is 18.6. The fourth-order valence-electron chi connectivity index (χ4n) is 1.80. The van der Waals surface area contributed by atoms with Gasteiger partial charge < -0.3 is 5.32 Å². The minimum absolute atomic E-state index is 0.599. The van der Waals surface area contributed by atoms with Gasteiger partial charge in [0.25, 0.3) is 0 Å². The standard InChI is InChI=1S/C12H16N2O2S/c15-17(16,14-9-7-13-8-10-14)11-6-12-4-2-1-3-5-12/h1-6,11,13H,7-10H2/p+1/b11-6+. The van der Waals surface area contributed by atoms with Crippen LogP contribution in [0.3, 0.4) is 0 Å². The van der Waals surface area contributed by atoms with E-state index in [0.717, 1.165) is 18.7 Å². The second-order valence-electron chi connectivity index (χ2n) is 4.02. The molecule has 0 aromatic heterocycles. The molecular weight excluding hydrogens is 236 g/mol. The molecule has 0 amide bonds. The zero-order valence-electron chi connectivity index (χ0n) is 9.62. The van der Waals surface area contributed by atoms with Gasteiger partial charge in [-0.3, -0.25) is 0 Å². The monoisotopic (exact) mass is 253 g/mol. The van der Waals surface area contributed by atoms with Crippen molar-refractivity contribution in [3.8, 4) is 0 Å². The molecule has 1 aliphatic heterocycles. The third kappa shape index (κ3) is 3.39. The predicted molar refractivity (Wildman–Crippen MR) is 67.6 cm³/mol. The van der Waals surface area contributed by atoms with Crippen LogP contribution in [-0.4, -0.2) is 38.9 Å². The molecule has 5 heteroatoms. The van der Waals surface area contributed by atoms with Gasteiger partial charge in [0.1, 0.15) is 0 Å². The highest BCUT2D eigenvalue weighted by molar-refractivity contribution is 7.92. The van der Waals surface area contributed by atoms with E-state index in [2.05, 4.69) is 5.32 Å². The van der Waals surface area contributed by atoms with Gasteiger partial charge in [0, 0.05) is 5.41 Å². The Kier molecular flexibility index (Phi) is 3.93. The van der Waals surface area contributed by atoms with Gasteiger partial charge in [0.15, 0.2) is 0 Å². The Balaban J connectivity index is 2.09. The third-order valence-corrected chi connectivity index (χ3v) is 4.32. The van der Waals surface area contributed by atoms with Crippen LogP contribution in [0.15, 0.2) is 35.7 Å². The maximum atomic E-state index is 12.0. The molecule has 0 bridgehead atoms. The fraction of sp³-hybridized carbons (Fsp3) is 0.333. The molecule has 2 rings (SSSR count). The lowest BCUT2D eigenvalue weighted by Crippen LogP contribution is -2.89. The van der Waals surface area contributed by atoms with Crippen molar-refractivity contribution in [2.24, 2.45) is 0 Å². The molecule has 1 aromatic rings. The maximum absolute atomic E-state index is 12.0. The number of nitrogens with two attached hydrogens (primary N) is 1. The molecule has 92 valence electrons. The molecule has 1 fully saturated rings. The Morgan fingerprint density at radius 3 is 2.41 bits per heavy atom. The molecule has 0 unspecified atom stereocenters. The summed E-state index contributed by atoms with van der Waals surface area (Å²) in [6, 6.07) is 9.46. The zero-order valence-corrected chi connectivity index (χ0v) is 10.4. The summed E-state index contributed by atoms with van der Waals surface area (Å²) in [5, 5.41) is 3.43. The smallest absolute Gasteiger partial charge is 0.236 e. The lowest BCUT2D eigenvalue weighted by molar-refractivity contribution is -0.661. The molecule has 4 nitrogen and oxygen atoms in total. The van der Waals surface area contributed by atoms with Gasteiger partial charge in [-0.15, -0.1) is 0 Å². The molecule has 17 heavy (non-hydrogen) atoms. The SMILES string of the molecule is O=S(=O)(/C=C/c1ccccc1)N1CC[NH2+]CC1. The fourth-order valence-corrected chi connectivity index (χ4v) is 3.02. The van der Waals surface area contributed by atoms with Crippen LogP contribution in [0.25, 0.3) is 6.08 Å². The van der Waals surface area contributed by atoms with Crippen molar-refractivity contribution in [3.05, 3.63) is 41.3 Å². The molecule has 0 atom stereocenters. The van der Waals surface area contributed by atoms with Crippen molar-refractivity contribution in [1.29, 1.82) is 0 Å². The second-order valence-corrected chi connectivity index (χ2v) is 5.84. The van der Waals surface area contributed by atoms with Gasteiger partial charge in [-0.25, -0.2) is 8.42 Å². The molecule has 0 saturated carbocycles. The molecule has 0 radical (unpaired) electrons. The second kappa shape index (κ2) is 5.44. The van der Waals surface area contributed by atoms with Crippen LogP contribution < -0.4 is 5.32 Å². The Hall–Kier alpha value is -1.17. The number of sulfonamides is 1. The summed E-state index contributed by atoms with van der Waals surface area (Å²) < 4.78 is 25.5. The summed E-state index contributed by atoms with van der Waals surface area (Å²) in [5.74, 6) is 0. The zero-order chi connectivity index (χ0) is 12.1. The average molecular weight is 253 g/mol. The van der Waals surface area contributed by atoms with Crippen LogP contribution >= 0.6 is 0 Å². The van der Waals surface area contributed by atoms with E-state index in [1.807, 2.05) is 30.3 Å². The summed E-state index contributed by atoms with van der Waals surface area (Å²) in [5.41, 5.74) is 0.902. The van der Waals surface area contributed by atoms with Crippen LogP contribution in [0.5, 0.6) is 0 Å². The van der Waals surface area contributed by atoms with E-state index in [9.17, 15) is 8.42 Å². The number of hydrogen-bond donors (Lipinski definition) is 1.